The third-order valence-corrected chi connectivity index (χ3v) is 12.5. The highest BCUT2D eigenvalue weighted by Crippen LogP contribution is 2.52. The minimum absolute atomic E-state index is 0.734. The first-order chi connectivity index (χ1) is 29.4. The molecule has 0 N–H and O–H groups in total. The van der Waals surface area contributed by atoms with E-state index < -0.39 is 0 Å². The largest absolute Gasteiger partial charge is 0.337 e. The number of benzene rings is 9. The molecule has 0 aromatic heterocycles. The van der Waals surface area contributed by atoms with Gasteiger partial charge in [-0.05, 0) is 141 Å². The van der Waals surface area contributed by atoms with Crippen molar-refractivity contribution < 1.29 is 0 Å². The van der Waals surface area contributed by atoms with E-state index in [1.54, 1.807) is 0 Å². The summed E-state index contributed by atoms with van der Waals surface area (Å²) >= 11 is 0. The molecule has 2 heterocycles. The summed E-state index contributed by atoms with van der Waals surface area (Å²) in [5.41, 5.74) is 19.2. The van der Waals surface area contributed by atoms with Gasteiger partial charge >= 0.3 is 0 Å². The number of nitrogens with zero attached hydrogens (tertiary/aromatic N) is 2. The van der Waals surface area contributed by atoms with Gasteiger partial charge in [0.1, 0.15) is 0 Å². The first-order valence-corrected chi connectivity index (χ1v) is 20.9. The Kier molecular flexibility index (Phi) is 8.42. The van der Waals surface area contributed by atoms with Crippen LogP contribution in [0.1, 0.15) is 22.3 Å². The van der Waals surface area contributed by atoms with Crippen LogP contribution < -0.4 is 9.80 Å². The summed E-state index contributed by atoms with van der Waals surface area (Å²) in [4.78, 5) is 4.91. The second kappa shape index (κ2) is 14.1. The number of anilines is 5. The molecule has 0 spiro atoms. The predicted molar refractivity (Wildman–Crippen MR) is 258 cm³/mol. The third kappa shape index (κ3) is 5.79. The SMILES string of the molecule is C=C1/C=C\C=C/CN(c2ccc3c(ccc4c3ccc3cc(N5c6ccccc6-c6ccccc6-c6cc(C)ccc65)cc(C)c34)c2)c2ccc(C)cc2-c2ccccc21. The van der Waals surface area contributed by atoms with Crippen LogP contribution in [0.5, 0.6) is 0 Å². The average Bonchev–Trinajstić information content (AvgIpc) is 3.40. The molecule has 0 atom stereocenters. The molecular formula is C58H44N2. The molecule has 9 aromatic carbocycles. The Morgan fingerprint density at radius 3 is 1.80 bits per heavy atom. The van der Waals surface area contributed by atoms with Crippen LogP contribution >= 0.6 is 0 Å². The van der Waals surface area contributed by atoms with Crippen molar-refractivity contribution in [3.63, 3.8) is 0 Å². The highest BCUT2D eigenvalue weighted by atomic mass is 15.2. The van der Waals surface area contributed by atoms with Gasteiger partial charge in [0.15, 0.2) is 0 Å². The zero-order valence-corrected chi connectivity index (χ0v) is 34.2. The number of allylic oxidation sites excluding steroid dienone is 4. The van der Waals surface area contributed by atoms with Gasteiger partial charge < -0.3 is 9.80 Å². The van der Waals surface area contributed by atoms with Crippen molar-refractivity contribution in [1.82, 2.24) is 0 Å². The Bertz CT molecular complexity index is 3310. The lowest BCUT2D eigenvalue weighted by Crippen LogP contribution is -2.18. The first-order valence-electron chi connectivity index (χ1n) is 20.9. The first kappa shape index (κ1) is 35.7. The maximum absolute atomic E-state index is 4.43. The number of aryl methyl sites for hydroxylation is 3. The number of hydrogen-bond acceptors (Lipinski definition) is 2. The van der Waals surface area contributed by atoms with E-state index in [1.165, 1.54) is 99.5 Å². The zero-order valence-electron chi connectivity index (χ0n) is 34.2. The second-order valence-electron chi connectivity index (χ2n) is 16.4. The fourth-order valence-corrected chi connectivity index (χ4v) is 9.77. The van der Waals surface area contributed by atoms with Crippen LogP contribution in [0.4, 0.5) is 28.4 Å². The molecule has 11 rings (SSSR count). The smallest absolute Gasteiger partial charge is 0.0540 e. The molecule has 0 saturated heterocycles. The van der Waals surface area contributed by atoms with E-state index >= 15 is 0 Å². The molecule has 286 valence electrons. The van der Waals surface area contributed by atoms with Crippen LogP contribution in [0.2, 0.25) is 0 Å². The van der Waals surface area contributed by atoms with E-state index in [4.69, 9.17) is 0 Å². The van der Waals surface area contributed by atoms with Gasteiger partial charge in [0.2, 0.25) is 0 Å². The van der Waals surface area contributed by atoms with Gasteiger partial charge in [-0.1, -0.05) is 151 Å². The van der Waals surface area contributed by atoms with Crippen LogP contribution in [0.15, 0.2) is 195 Å². The second-order valence-corrected chi connectivity index (χ2v) is 16.4. The quantitative estimate of drug-likeness (QED) is 0.162. The molecular weight excluding hydrogens is 725 g/mol. The number of hydrogen-bond donors (Lipinski definition) is 0. The van der Waals surface area contributed by atoms with E-state index in [-0.39, 0.29) is 0 Å². The molecule has 0 unspecified atom stereocenters. The molecule has 2 heteroatoms. The van der Waals surface area contributed by atoms with Gasteiger partial charge in [0.05, 0.1) is 11.4 Å². The number of fused-ring (bicyclic) bond motifs is 13. The van der Waals surface area contributed by atoms with E-state index in [1.807, 2.05) is 0 Å². The van der Waals surface area contributed by atoms with Gasteiger partial charge in [-0.15, -0.1) is 0 Å². The van der Waals surface area contributed by atoms with Gasteiger partial charge in [0.25, 0.3) is 0 Å². The molecule has 2 aliphatic heterocycles. The van der Waals surface area contributed by atoms with Crippen molar-refractivity contribution in [2.24, 2.45) is 0 Å². The summed E-state index contributed by atoms with van der Waals surface area (Å²) in [6.45, 7) is 11.8. The molecule has 9 aromatic rings. The Hall–Kier alpha value is -7.42. The lowest BCUT2D eigenvalue weighted by molar-refractivity contribution is 1.10. The molecule has 0 radical (unpaired) electrons. The lowest BCUT2D eigenvalue weighted by Gasteiger charge is -2.28. The van der Waals surface area contributed by atoms with E-state index in [9.17, 15) is 0 Å². The van der Waals surface area contributed by atoms with Gasteiger partial charge in [-0.2, -0.15) is 0 Å². The monoisotopic (exact) mass is 768 g/mol. The third-order valence-electron chi connectivity index (χ3n) is 12.5. The average molecular weight is 769 g/mol. The van der Waals surface area contributed by atoms with Crippen molar-refractivity contribution >= 4 is 66.3 Å². The molecule has 0 bridgehead atoms. The molecule has 2 nitrogen and oxygen atoms in total. The van der Waals surface area contributed by atoms with Crippen molar-refractivity contribution in [1.29, 1.82) is 0 Å². The summed E-state index contributed by atoms with van der Waals surface area (Å²) in [6.07, 6.45) is 8.59. The summed E-state index contributed by atoms with van der Waals surface area (Å²) < 4.78 is 0. The Morgan fingerprint density at radius 1 is 0.433 bits per heavy atom. The fourth-order valence-electron chi connectivity index (χ4n) is 9.77. The highest BCUT2D eigenvalue weighted by Gasteiger charge is 2.27. The van der Waals surface area contributed by atoms with Gasteiger partial charge in [-0.25, -0.2) is 0 Å². The topological polar surface area (TPSA) is 6.48 Å². The van der Waals surface area contributed by atoms with Crippen LogP contribution in [0.25, 0.3) is 71.3 Å². The van der Waals surface area contributed by atoms with Gasteiger partial charge in [-0.3, -0.25) is 0 Å². The maximum Gasteiger partial charge on any atom is 0.0540 e. The Labute approximate surface area is 352 Å². The highest BCUT2D eigenvalue weighted by molar-refractivity contribution is 6.19. The molecule has 0 aliphatic carbocycles. The minimum Gasteiger partial charge on any atom is -0.337 e. The number of para-hydroxylation sites is 1. The van der Waals surface area contributed by atoms with Crippen molar-refractivity contribution in [3.05, 3.63) is 217 Å². The normalized spacial score (nSPS) is 14.4. The predicted octanol–water partition coefficient (Wildman–Crippen LogP) is 16.1. The Morgan fingerprint density at radius 2 is 1.02 bits per heavy atom. The molecule has 0 saturated carbocycles. The summed E-state index contributed by atoms with van der Waals surface area (Å²) in [5.74, 6) is 0. The number of rotatable bonds is 2. The standard InChI is InChI=1S/C58H44N2/c1-37-21-29-55-53(32-37)47-16-8-7-15-45(47)39(3)14-6-5-13-31-59(55)43-25-28-46-41(35-43)23-27-52-50(46)26-24-42-36-44(34-40(4)58(42)52)60-56-20-12-11-19-51(56)48-17-9-10-18-49(48)54-33-38(2)22-30-57(54)60/h5-30,32-36H,3,31H2,1-2,4H3/b13-5-,14-6-. The van der Waals surface area contributed by atoms with Crippen LogP contribution in [0.3, 0.4) is 0 Å². The molecule has 0 amide bonds. The van der Waals surface area contributed by atoms with Crippen molar-refractivity contribution in [2.75, 3.05) is 16.3 Å². The van der Waals surface area contributed by atoms with Crippen molar-refractivity contribution in [3.8, 4) is 33.4 Å². The van der Waals surface area contributed by atoms with Crippen molar-refractivity contribution in [2.45, 2.75) is 20.8 Å². The zero-order chi connectivity index (χ0) is 40.5. The van der Waals surface area contributed by atoms with Crippen LogP contribution in [-0.2, 0) is 0 Å². The molecule has 0 fully saturated rings. The molecule has 60 heavy (non-hydrogen) atoms. The summed E-state index contributed by atoms with van der Waals surface area (Å²) in [6, 6.07) is 61.1. The van der Waals surface area contributed by atoms with E-state index in [2.05, 4.69) is 225 Å². The Balaban J connectivity index is 1.04. The summed E-state index contributed by atoms with van der Waals surface area (Å²) in [5, 5.41) is 7.56. The van der Waals surface area contributed by atoms with Gasteiger partial charge in [0, 0.05) is 40.3 Å². The van der Waals surface area contributed by atoms with Crippen LogP contribution in [-0.4, -0.2) is 6.54 Å². The maximum atomic E-state index is 4.43. The van der Waals surface area contributed by atoms with E-state index in [0.29, 0.717) is 0 Å². The minimum atomic E-state index is 0.734. The molecule has 2 aliphatic rings. The lowest BCUT2D eigenvalue weighted by atomic mass is 9.92. The van der Waals surface area contributed by atoms with Crippen LogP contribution in [0, 0.1) is 20.8 Å². The fraction of sp³-hybridized carbons (Fsp3) is 0.0690. The summed E-state index contributed by atoms with van der Waals surface area (Å²) in [7, 11) is 0. The van der Waals surface area contributed by atoms with E-state index in [0.717, 1.165) is 29.1 Å².